The normalized spacial score (nSPS) is 12.9. The monoisotopic (exact) mass is 241 g/mol. The van der Waals surface area contributed by atoms with E-state index in [1.807, 2.05) is 11.4 Å². The van der Waals surface area contributed by atoms with Crippen LogP contribution in [-0.4, -0.2) is 21.9 Å². The van der Waals surface area contributed by atoms with Crippen molar-refractivity contribution in [2.45, 2.75) is 19.4 Å². The maximum atomic E-state index is 5.69. The van der Waals surface area contributed by atoms with E-state index >= 15 is 0 Å². The van der Waals surface area contributed by atoms with Crippen LogP contribution in [0.25, 0.3) is 10.2 Å². The highest BCUT2D eigenvalue weighted by atomic mass is 35.5. The van der Waals surface area contributed by atoms with Crippen LogP contribution in [0.15, 0.2) is 17.8 Å². The fourth-order valence-electron chi connectivity index (χ4n) is 1.37. The van der Waals surface area contributed by atoms with Gasteiger partial charge < -0.3 is 5.32 Å². The van der Waals surface area contributed by atoms with Gasteiger partial charge in [-0.3, -0.25) is 0 Å². The maximum Gasteiger partial charge on any atom is 0.138 e. The minimum Gasteiger partial charge on any atom is -0.367 e. The van der Waals surface area contributed by atoms with E-state index in [-0.39, 0.29) is 0 Å². The maximum absolute atomic E-state index is 5.69. The Kier molecular flexibility index (Phi) is 3.38. The summed E-state index contributed by atoms with van der Waals surface area (Å²) in [5.41, 5.74) is 0. The van der Waals surface area contributed by atoms with Crippen LogP contribution in [0.1, 0.15) is 13.3 Å². The van der Waals surface area contributed by atoms with E-state index in [0.717, 1.165) is 22.5 Å². The number of aromatic nitrogens is 2. The fraction of sp³-hybridized carbons (Fsp3) is 0.400. The molecule has 80 valence electrons. The van der Waals surface area contributed by atoms with Gasteiger partial charge in [-0.2, -0.15) is 0 Å². The number of fused-ring (bicyclic) bond motifs is 1. The van der Waals surface area contributed by atoms with E-state index in [2.05, 4.69) is 22.2 Å². The zero-order valence-corrected chi connectivity index (χ0v) is 9.98. The molecule has 2 aromatic rings. The molecule has 0 aromatic carbocycles. The van der Waals surface area contributed by atoms with Gasteiger partial charge in [-0.25, -0.2) is 9.97 Å². The quantitative estimate of drug-likeness (QED) is 0.836. The average molecular weight is 242 g/mol. The van der Waals surface area contributed by atoms with Crippen molar-refractivity contribution in [3.05, 3.63) is 17.8 Å². The Hall–Kier alpha value is -0.870. The Morgan fingerprint density at radius 2 is 2.40 bits per heavy atom. The van der Waals surface area contributed by atoms with Crippen LogP contribution < -0.4 is 5.32 Å². The number of hydrogen-bond donors (Lipinski definition) is 1. The van der Waals surface area contributed by atoms with Crippen molar-refractivity contribution in [1.82, 2.24) is 9.97 Å². The molecule has 0 bridgehead atoms. The minimum atomic E-state index is 0.334. The van der Waals surface area contributed by atoms with Crippen LogP contribution in [-0.2, 0) is 0 Å². The molecule has 0 aliphatic carbocycles. The summed E-state index contributed by atoms with van der Waals surface area (Å²) >= 11 is 7.31. The molecule has 0 saturated heterocycles. The summed E-state index contributed by atoms with van der Waals surface area (Å²) in [4.78, 5) is 9.46. The van der Waals surface area contributed by atoms with Gasteiger partial charge in [-0.1, -0.05) is 0 Å². The molecule has 1 N–H and O–H groups in total. The zero-order chi connectivity index (χ0) is 10.7. The number of rotatable bonds is 4. The van der Waals surface area contributed by atoms with Gasteiger partial charge in [-0.05, 0) is 24.8 Å². The number of halogens is 1. The molecule has 0 spiro atoms. The lowest BCUT2D eigenvalue weighted by molar-refractivity contribution is 0.765. The van der Waals surface area contributed by atoms with E-state index in [9.17, 15) is 0 Å². The Morgan fingerprint density at radius 1 is 1.53 bits per heavy atom. The molecule has 1 atom stereocenters. The molecule has 0 radical (unpaired) electrons. The smallest absolute Gasteiger partial charge is 0.138 e. The van der Waals surface area contributed by atoms with Crippen molar-refractivity contribution < 1.29 is 0 Å². The van der Waals surface area contributed by atoms with Crippen molar-refractivity contribution in [2.75, 3.05) is 11.2 Å². The van der Waals surface area contributed by atoms with E-state index in [1.165, 1.54) is 0 Å². The standard InChI is InChI=1S/C10H12ClN3S/c1-7(2-4-11)14-9-8-3-5-15-10(8)13-6-12-9/h3,5-7H,2,4H2,1H3,(H,12,13,14). The highest BCUT2D eigenvalue weighted by molar-refractivity contribution is 7.16. The molecule has 15 heavy (non-hydrogen) atoms. The number of nitrogens with one attached hydrogen (secondary N) is 1. The third-order valence-electron chi connectivity index (χ3n) is 2.19. The predicted octanol–water partition coefficient (Wildman–Crippen LogP) is 3.12. The molecule has 0 fully saturated rings. The lowest BCUT2D eigenvalue weighted by Crippen LogP contribution is -2.16. The number of anilines is 1. The average Bonchev–Trinajstić information content (AvgIpc) is 2.67. The van der Waals surface area contributed by atoms with Gasteiger partial charge in [-0.15, -0.1) is 22.9 Å². The fourth-order valence-corrected chi connectivity index (χ4v) is 2.43. The topological polar surface area (TPSA) is 37.8 Å². The summed E-state index contributed by atoms with van der Waals surface area (Å²) in [6.45, 7) is 2.10. The molecule has 0 aliphatic rings. The molecule has 2 aromatic heterocycles. The second-order valence-corrected chi connectivity index (χ2v) is 4.66. The van der Waals surface area contributed by atoms with Crippen molar-refractivity contribution >= 4 is 39.0 Å². The Balaban J connectivity index is 2.23. The first-order chi connectivity index (χ1) is 7.31. The van der Waals surface area contributed by atoms with Gasteiger partial charge in [0.1, 0.15) is 17.0 Å². The summed E-state index contributed by atoms with van der Waals surface area (Å²) in [5.74, 6) is 1.56. The van der Waals surface area contributed by atoms with Gasteiger partial charge in [0.05, 0.1) is 5.39 Å². The molecule has 0 aliphatic heterocycles. The van der Waals surface area contributed by atoms with Crippen molar-refractivity contribution in [1.29, 1.82) is 0 Å². The van der Waals surface area contributed by atoms with Crippen LogP contribution in [0.2, 0.25) is 0 Å². The summed E-state index contributed by atoms with van der Waals surface area (Å²) < 4.78 is 0. The van der Waals surface area contributed by atoms with Gasteiger partial charge >= 0.3 is 0 Å². The van der Waals surface area contributed by atoms with Crippen LogP contribution in [0.5, 0.6) is 0 Å². The SMILES string of the molecule is CC(CCCl)Nc1ncnc2sccc12. The zero-order valence-electron chi connectivity index (χ0n) is 8.40. The molecule has 2 heterocycles. The summed E-state index contributed by atoms with van der Waals surface area (Å²) in [7, 11) is 0. The highest BCUT2D eigenvalue weighted by Crippen LogP contribution is 2.24. The summed E-state index contributed by atoms with van der Waals surface area (Å²) in [6, 6.07) is 2.37. The number of nitrogens with zero attached hydrogens (tertiary/aromatic N) is 2. The third kappa shape index (κ3) is 2.38. The Labute approximate surface area is 97.5 Å². The first kappa shape index (κ1) is 10.6. The first-order valence-corrected chi connectivity index (χ1v) is 6.23. The largest absolute Gasteiger partial charge is 0.367 e. The Morgan fingerprint density at radius 3 is 3.20 bits per heavy atom. The minimum absolute atomic E-state index is 0.334. The molecule has 2 rings (SSSR count). The van der Waals surface area contributed by atoms with Crippen molar-refractivity contribution in [3.63, 3.8) is 0 Å². The second-order valence-electron chi connectivity index (χ2n) is 3.38. The lowest BCUT2D eigenvalue weighted by atomic mass is 10.2. The Bertz CT molecular complexity index is 443. The highest BCUT2D eigenvalue weighted by Gasteiger charge is 2.07. The number of hydrogen-bond acceptors (Lipinski definition) is 4. The first-order valence-electron chi connectivity index (χ1n) is 4.82. The van der Waals surface area contributed by atoms with Crippen LogP contribution in [0.4, 0.5) is 5.82 Å². The molecule has 5 heteroatoms. The molecule has 3 nitrogen and oxygen atoms in total. The van der Waals surface area contributed by atoms with E-state index < -0.39 is 0 Å². The van der Waals surface area contributed by atoms with Gasteiger partial charge in [0.2, 0.25) is 0 Å². The van der Waals surface area contributed by atoms with E-state index in [1.54, 1.807) is 17.7 Å². The van der Waals surface area contributed by atoms with Crippen molar-refractivity contribution in [2.24, 2.45) is 0 Å². The summed E-state index contributed by atoms with van der Waals surface area (Å²) in [6.07, 6.45) is 2.52. The third-order valence-corrected chi connectivity index (χ3v) is 3.23. The van der Waals surface area contributed by atoms with Crippen LogP contribution >= 0.6 is 22.9 Å². The molecule has 1 unspecified atom stereocenters. The van der Waals surface area contributed by atoms with Crippen LogP contribution in [0, 0.1) is 0 Å². The predicted molar refractivity (Wildman–Crippen MR) is 65.8 cm³/mol. The van der Waals surface area contributed by atoms with E-state index in [4.69, 9.17) is 11.6 Å². The summed E-state index contributed by atoms with van der Waals surface area (Å²) in [5, 5.41) is 6.45. The number of thiophene rings is 1. The molecular weight excluding hydrogens is 230 g/mol. The molecular formula is C10H12ClN3S. The van der Waals surface area contributed by atoms with Crippen LogP contribution in [0.3, 0.4) is 0 Å². The van der Waals surface area contributed by atoms with Gasteiger partial charge in [0, 0.05) is 11.9 Å². The van der Waals surface area contributed by atoms with Gasteiger partial charge in [0.15, 0.2) is 0 Å². The molecule has 0 saturated carbocycles. The van der Waals surface area contributed by atoms with E-state index in [0.29, 0.717) is 11.9 Å². The second kappa shape index (κ2) is 4.77. The van der Waals surface area contributed by atoms with Gasteiger partial charge in [0.25, 0.3) is 0 Å². The number of alkyl halides is 1. The van der Waals surface area contributed by atoms with Crippen molar-refractivity contribution in [3.8, 4) is 0 Å². The lowest BCUT2D eigenvalue weighted by Gasteiger charge is -2.13. The molecule has 0 amide bonds.